The zero-order valence-electron chi connectivity index (χ0n) is 13.6. The van der Waals surface area contributed by atoms with Crippen LogP contribution in [0.4, 0.5) is 0 Å². The van der Waals surface area contributed by atoms with E-state index in [2.05, 4.69) is 18.7 Å². The van der Waals surface area contributed by atoms with Crippen LogP contribution in [0.1, 0.15) is 43.9 Å². The summed E-state index contributed by atoms with van der Waals surface area (Å²) in [6.07, 6.45) is 2.63. The van der Waals surface area contributed by atoms with Gasteiger partial charge < -0.3 is 14.6 Å². The predicted octanol–water partition coefficient (Wildman–Crippen LogP) is 2.78. The van der Waals surface area contributed by atoms with Crippen molar-refractivity contribution in [3.8, 4) is 11.5 Å². The first-order valence-electron chi connectivity index (χ1n) is 7.83. The lowest BCUT2D eigenvalue weighted by molar-refractivity contribution is 0.0604. The molecule has 0 amide bonds. The Bertz CT molecular complexity index is 469. The molecular formula is C17H27NO3. The van der Waals surface area contributed by atoms with Gasteiger partial charge in [0.05, 0.1) is 20.3 Å². The van der Waals surface area contributed by atoms with Crippen molar-refractivity contribution in [2.45, 2.75) is 45.3 Å². The van der Waals surface area contributed by atoms with Gasteiger partial charge in [0, 0.05) is 6.04 Å². The minimum Gasteiger partial charge on any atom is -0.493 e. The summed E-state index contributed by atoms with van der Waals surface area (Å²) in [5.41, 5.74) is 2.15. The summed E-state index contributed by atoms with van der Waals surface area (Å²) in [5.74, 6) is 1.43. The smallest absolute Gasteiger partial charge is 0.161 e. The Morgan fingerprint density at radius 3 is 2.19 bits per heavy atom. The van der Waals surface area contributed by atoms with Crippen LogP contribution in [0.3, 0.4) is 0 Å². The molecule has 0 spiro atoms. The number of fused-ring (bicyclic) bond motifs is 1. The van der Waals surface area contributed by atoms with E-state index in [-0.39, 0.29) is 6.04 Å². The van der Waals surface area contributed by atoms with Crippen LogP contribution in [-0.4, -0.2) is 43.4 Å². The van der Waals surface area contributed by atoms with E-state index in [4.69, 9.17) is 9.47 Å². The second-order valence-electron chi connectivity index (χ2n) is 5.66. The normalized spacial score (nSPS) is 20.7. The van der Waals surface area contributed by atoms with Crippen LogP contribution >= 0.6 is 0 Å². The number of aliphatic hydroxyl groups excluding tert-OH is 1. The summed E-state index contributed by atoms with van der Waals surface area (Å²) in [6.45, 7) is 6.42. The van der Waals surface area contributed by atoms with Crippen LogP contribution in [0, 0.1) is 0 Å². The molecule has 4 nitrogen and oxygen atoms in total. The lowest BCUT2D eigenvalue weighted by atomic mass is 10.1. The Labute approximate surface area is 127 Å². The Kier molecular flexibility index (Phi) is 5.48. The van der Waals surface area contributed by atoms with Crippen LogP contribution in [0.25, 0.3) is 0 Å². The van der Waals surface area contributed by atoms with E-state index < -0.39 is 6.10 Å². The number of hydrogen-bond donors (Lipinski definition) is 1. The van der Waals surface area contributed by atoms with Crippen molar-refractivity contribution in [2.24, 2.45) is 0 Å². The van der Waals surface area contributed by atoms with Crippen LogP contribution in [0.5, 0.6) is 11.5 Å². The molecule has 0 unspecified atom stereocenters. The zero-order chi connectivity index (χ0) is 15.4. The number of methoxy groups -OCH3 is 2. The van der Waals surface area contributed by atoms with Gasteiger partial charge in [0.1, 0.15) is 0 Å². The summed E-state index contributed by atoms with van der Waals surface area (Å²) < 4.78 is 10.7. The molecule has 0 heterocycles. The molecular weight excluding hydrogens is 266 g/mol. The van der Waals surface area contributed by atoms with Crippen molar-refractivity contribution < 1.29 is 14.6 Å². The second kappa shape index (κ2) is 7.14. The largest absolute Gasteiger partial charge is 0.493 e. The maximum Gasteiger partial charge on any atom is 0.161 e. The highest BCUT2D eigenvalue weighted by Gasteiger charge is 2.35. The molecule has 4 heteroatoms. The van der Waals surface area contributed by atoms with Gasteiger partial charge in [-0.1, -0.05) is 13.8 Å². The van der Waals surface area contributed by atoms with E-state index >= 15 is 0 Å². The standard InChI is InChI=1S/C17H27NO3/c1-5-7-18(8-6-2)14-9-12-10-15(20-3)16(21-4)11-13(12)17(14)19/h10-11,14,17,19H,5-9H2,1-4H3/t14-,17-/m1/s1. The molecule has 1 aromatic carbocycles. The lowest BCUT2D eigenvalue weighted by Gasteiger charge is -2.30. The summed E-state index contributed by atoms with van der Waals surface area (Å²) in [4.78, 5) is 2.41. The van der Waals surface area contributed by atoms with Gasteiger partial charge in [-0.15, -0.1) is 0 Å². The molecule has 1 N–H and O–H groups in total. The van der Waals surface area contributed by atoms with Crippen molar-refractivity contribution in [3.63, 3.8) is 0 Å². The average molecular weight is 293 g/mol. The van der Waals surface area contributed by atoms with E-state index in [0.29, 0.717) is 5.75 Å². The molecule has 0 aromatic heterocycles. The molecule has 0 saturated carbocycles. The van der Waals surface area contributed by atoms with Crippen LogP contribution in [0.2, 0.25) is 0 Å². The van der Waals surface area contributed by atoms with Crippen molar-refractivity contribution in [1.82, 2.24) is 4.90 Å². The predicted molar refractivity (Wildman–Crippen MR) is 84.2 cm³/mol. The minimum atomic E-state index is -0.446. The SMILES string of the molecule is CCCN(CCC)[C@@H]1Cc2cc(OC)c(OC)cc2[C@H]1O. The Hall–Kier alpha value is -1.26. The second-order valence-corrected chi connectivity index (χ2v) is 5.66. The molecule has 1 aliphatic carbocycles. The molecule has 1 aliphatic rings. The molecule has 0 saturated heterocycles. The van der Waals surface area contributed by atoms with Crippen molar-refractivity contribution in [3.05, 3.63) is 23.3 Å². The third kappa shape index (κ3) is 3.16. The number of ether oxygens (including phenoxy) is 2. The number of benzene rings is 1. The van der Waals surface area contributed by atoms with Gasteiger partial charge in [0.25, 0.3) is 0 Å². The topological polar surface area (TPSA) is 41.9 Å². The number of hydrogen-bond acceptors (Lipinski definition) is 4. The number of rotatable bonds is 7. The highest BCUT2D eigenvalue weighted by Crippen LogP contribution is 2.41. The van der Waals surface area contributed by atoms with Gasteiger partial charge in [-0.3, -0.25) is 4.90 Å². The molecule has 118 valence electrons. The fourth-order valence-corrected chi connectivity index (χ4v) is 3.28. The van der Waals surface area contributed by atoms with Crippen molar-refractivity contribution in [1.29, 1.82) is 0 Å². The van der Waals surface area contributed by atoms with E-state index in [0.717, 1.165) is 43.7 Å². The van der Waals surface area contributed by atoms with E-state index in [1.807, 2.05) is 12.1 Å². The van der Waals surface area contributed by atoms with Crippen molar-refractivity contribution >= 4 is 0 Å². The lowest BCUT2D eigenvalue weighted by Crippen LogP contribution is -2.39. The van der Waals surface area contributed by atoms with Gasteiger partial charge in [-0.05, 0) is 55.6 Å². The number of nitrogens with zero attached hydrogens (tertiary/aromatic N) is 1. The highest BCUT2D eigenvalue weighted by atomic mass is 16.5. The summed E-state index contributed by atoms with van der Waals surface area (Å²) in [7, 11) is 3.27. The van der Waals surface area contributed by atoms with Crippen LogP contribution in [-0.2, 0) is 6.42 Å². The molecule has 21 heavy (non-hydrogen) atoms. The van der Waals surface area contributed by atoms with Gasteiger partial charge in [-0.25, -0.2) is 0 Å². The van der Waals surface area contributed by atoms with E-state index in [1.165, 1.54) is 5.56 Å². The Balaban J connectivity index is 2.28. The van der Waals surface area contributed by atoms with E-state index in [9.17, 15) is 5.11 Å². The van der Waals surface area contributed by atoms with E-state index in [1.54, 1.807) is 14.2 Å². The fourth-order valence-electron chi connectivity index (χ4n) is 3.28. The molecule has 0 fully saturated rings. The summed E-state index contributed by atoms with van der Waals surface area (Å²) in [5, 5.41) is 10.7. The number of aliphatic hydroxyl groups is 1. The molecule has 2 rings (SSSR count). The monoisotopic (exact) mass is 293 g/mol. The molecule has 1 aromatic rings. The minimum absolute atomic E-state index is 0.164. The molecule has 0 radical (unpaired) electrons. The summed E-state index contributed by atoms with van der Waals surface area (Å²) >= 11 is 0. The fraction of sp³-hybridized carbons (Fsp3) is 0.647. The van der Waals surface area contributed by atoms with Crippen molar-refractivity contribution in [2.75, 3.05) is 27.3 Å². The molecule has 2 atom stereocenters. The maximum absolute atomic E-state index is 10.7. The van der Waals surface area contributed by atoms with Gasteiger partial charge in [0.15, 0.2) is 11.5 Å². The maximum atomic E-state index is 10.7. The average Bonchev–Trinajstić information content (AvgIpc) is 2.82. The highest BCUT2D eigenvalue weighted by molar-refractivity contribution is 5.50. The van der Waals surface area contributed by atoms with Gasteiger partial charge >= 0.3 is 0 Å². The Morgan fingerprint density at radius 1 is 1.10 bits per heavy atom. The van der Waals surface area contributed by atoms with Gasteiger partial charge in [0.2, 0.25) is 0 Å². The molecule has 0 aliphatic heterocycles. The quantitative estimate of drug-likeness (QED) is 0.839. The first-order chi connectivity index (χ1) is 10.2. The third-order valence-electron chi connectivity index (χ3n) is 4.25. The zero-order valence-corrected chi connectivity index (χ0v) is 13.6. The molecule has 0 bridgehead atoms. The van der Waals surface area contributed by atoms with Gasteiger partial charge in [-0.2, -0.15) is 0 Å². The van der Waals surface area contributed by atoms with Crippen LogP contribution in [0.15, 0.2) is 12.1 Å². The first kappa shape index (κ1) is 16.1. The third-order valence-corrected chi connectivity index (χ3v) is 4.25. The first-order valence-corrected chi connectivity index (χ1v) is 7.83. The van der Waals surface area contributed by atoms with Crippen LogP contribution < -0.4 is 9.47 Å². The summed E-state index contributed by atoms with van der Waals surface area (Å²) in [6, 6.07) is 4.10. The Morgan fingerprint density at radius 2 is 1.67 bits per heavy atom.